The summed E-state index contributed by atoms with van der Waals surface area (Å²) in [5, 5.41) is 9.04. The number of carbonyl (C=O) groups is 1. The van der Waals surface area contributed by atoms with Crippen LogP contribution in [-0.4, -0.2) is 17.7 Å². The second-order valence-corrected chi connectivity index (χ2v) is 5.00. The van der Waals surface area contributed by atoms with Gasteiger partial charge in [0.15, 0.2) is 0 Å². The number of halogens is 2. The second kappa shape index (κ2) is 5.46. The van der Waals surface area contributed by atoms with E-state index in [0.29, 0.717) is 16.0 Å². The number of rotatable bonds is 4. The number of alkyl halides is 2. The van der Waals surface area contributed by atoms with E-state index in [9.17, 15) is 13.6 Å². The van der Waals surface area contributed by atoms with Gasteiger partial charge in [0, 0.05) is 10.4 Å². The third-order valence-corrected chi connectivity index (χ3v) is 4.06. The first-order valence-electron chi connectivity index (χ1n) is 5.58. The van der Waals surface area contributed by atoms with Crippen LogP contribution in [0.4, 0.5) is 14.5 Å². The Kier molecular flexibility index (Phi) is 3.89. The fraction of sp³-hybridized carbons (Fsp3) is 0.154. The molecule has 0 aliphatic heterocycles. The molecule has 7 heteroatoms. The molecular weight excluding hydrogens is 288 g/mol. The summed E-state index contributed by atoms with van der Waals surface area (Å²) in [5.41, 5.74) is 6.81. The molecule has 0 atom stereocenters. The van der Waals surface area contributed by atoms with Crippen molar-refractivity contribution in [2.45, 2.75) is 13.5 Å². The van der Waals surface area contributed by atoms with E-state index in [0.717, 1.165) is 11.3 Å². The molecule has 0 saturated carbocycles. The van der Waals surface area contributed by atoms with E-state index in [1.807, 2.05) is 0 Å². The molecule has 0 aliphatic carbocycles. The van der Waals surface area contributed by atoms with E-state index in [-0.39, 0.29) is 16.3 Å². The first-order chi connectivity index (χ1) is 9.41. The maximum absolute atomic E-state index is 12.4. The zero-order valence-corrected chi connectivity index (χ0v) is 11.2. The Morgan fingerprint density at radius 2 is 2.05 bits per heavy atom. The van der Waals surface area contributed by atoms with Gasteiger partial charge in [0.2, 0.25) is 0 Å². The van der Waals surface area contributed by atoms with Gasteiger partial charge >= 0.3 is 12.6 Å². The van der Waals surface area contributed by atoms with Crippen LogP contribution >= 0.6 is 11.3 Å². The Morgan fingerprint density at radius 3 is 2.60 bits per heavy atom. The lowest BCUT2D eigenvalue weighted by Crippen LogP contribution is -2.02. The summed E-state index contributed by atoms with van der Waals surface area (Å²) in [4.78, 5) is 11.6. The number of benzene rings is 1. The molecule has 0 spiro atoms. The quantitative estimate of drug-likeness (QED) is 0.904. The molecule has 3 N–H and O–H groups in total. The number of thiophene rings is 1. The molecular formula is C13H11F2NO3S. The fourth-order valence-corrected chi connectivity index (χ4v) is 2.89. The van der Waals surface area contributed by atoms with Gasteiger partial charge in [-0.05, 0) is 24.6 Å². The largest absolute Gasteiger partial charge is 0.477 e. The fourth-order valence-electron chi connectivity index (χ4n) is 1.80. The maximum atomic E-state index is 12.4. The Morgan fingerprint density at radius 1 is 1.40 bits per heavy atom. The van der Waals surface area contributed by atoms with Crippen LogP contribution in [0.15, 0.2) is 24.3 Å². The van der Waals surface area contributed by atoms with Gasteiger partial charge in [0.05, 0.1) is 5.69 Å². The van der Waals surface area contributed by atoms with E-state index < -0.39 is 12.6 Å². The Balaban J connectivity index is 2.57. The first-order valence-corrected chi connectivity index (χ1v) is 6.39. The summed E-state index contributed by atoms with van der Waals surface area (Å²) in [6.45, 7) is -1.31. The Hall–Kier alpha value is -2.15. The van der Waals surface area contributed by atoms with Crippen LogP contribution in [0.1, 0.15) is 15.2 Å². The van der Waals surface area contributed by atoms with Gasteiger partial charge in [-0.1, -0.05) is 12.1 Å². The van der Waals surface area contributed by atoms with Crippen molar-refractivity contribution in [3.63, 3.8) is 0 Å². The minimum Gasteiger partial charge on any atom is -0.477 e. The highest BCUT2D eigenvalue weighted by Gasteiger charge is 2.21. The molecule has 2 rings (SSSR count). The Labute approximate surface area is 117 Å². The van der Waals surface area contributed by atoms with Crippen molar-refractivity contribution in [2.75, 3.05) is 5.73 Å². The molecule has 1 aromatic carbocycles. The highest BCUT2D eigenvalue weighted by atomic mass is 32.1. The average molecular weight is 299 g/mol. The summed E-state index contributed by atoms with van der Waals surface area (Å²) >= 11 is 0.939. The number of nitrogens with two attached hydrogens (primary N) is 1. The lowest BCUT2D eigenvalue weighted by atomic mass is 10.1. The molecule has 0 bridgehead atoms. The van der Waals surface area contributed by atoms with Crippen molar-refractivity contribution in [1.82, 2.24) is 0 Å². The smallest absolute Gasteiger partial charge is 0.387 e. The van der Waals surface area contributed by atoms with Gasteiger partial charge < -0.3 is 15.6 Å². The number of aromatic carboxylic acids is 1. The van der Waals surface area contributed by atoms with Crippen LogP contribution < -0.4 is 10.5 Å². The lowest BCUT2D eigenvalue weighted by molar-refractivity contribution is -0.0494. The zero-order chi connectivity index (χ0) is 14.9. The number of nitrogen functional groups attached to an aromatic ring is 1. The van der Waals surface area contributed by atoms with Gasteiger partial charge in [-0.3, -0.25) is 0 Å². The third kappa shape index (κ3) is 2.57. The van der Waals surface area contributed by atoms with Gasteiger partial charge in [-0.2, -0.15) is 8.78 Å². The van der Waals surface area contributed by atoms with Crippen LogP contribution in [0.3, 0.4) is 0 Å². The summed E-state index contributed by atoms with van der Waals surface area (Å²) < 4.78 is 29.2. The van der Waals surface area contributed by atoms with Gasteiger partial charge in [-0.15, -0.1) is 11.3 Å². The summed E-state index contributed by atoms with van der Waals surface area (Å²) in [6, 6.07) is 6.20. The van der Waals surface area contributed by atoms with Crippen LogP contribution in [0, 0.1) is 6.92 Å². The molecule has 4 nitrogen and oxygen atoms in total. The molecule has 1 heterocycles. The second-order valence-electron chi connectivity index (χ2n) is 3.98. The summed E-state index contributed by atoms with van der Waals surface area (Å²) in [5.74, 6) is -1.15. The number of carboxylic acids is 1. The number of anilines is 1. The minimum absolute atomic E-state index is 0.00986. The highest BCUT2D eigenvalue weighted by molar-refractivity contribution is 7.18. The number of hydrogen-bond acceptors (Lipinski definition) is 4. The van der Waals surface area contributed by atoms with Crippen molar-refractivity contribution in [2.24, 2.45) is 0 Å². The molecule has 0 radical (unpaired) electrons. The topological polar surface area (TPSA) is 72.5 Å². The normalized spacial score (nSPS) is 10.8. The van der Waals surface area contributed by atoms with Crippen LogP contribution in [0.5, 0.6) is 5.75 Å². The van der Waals surface area contributed by atoms with Crippen molar-refractivity contribution in [1.29, 1.82) is 0 Å². The zero-order valence-electron chi connectivity index (χ0n) is 10.4. The molecule has 0 amide bonds. The molecule has 0 saturated heterocycles. The highest BCUT2D eigenvalue weighted by Crippen LogP contribution is 2.42. The van der Waals surface area contributed by atoms with Crippen molar-refractivity contribution < 1.29 is 23.4 Å². The van der Waals surface area contributed by atoms with Crippen LogP contribution in [0.25, 0.3) is 10.4 Å². The molecule has 2 aromatic rings. The number of hydrogen-bond donors (Lipinski definition) is 2. The van der Waals surface area contributed by atoms with E-state index in [1.54, 1.807) is 25.1 Å². The monoisotopic (exact) mass is 299 g/mol. The molecule has 20 heavy (non-hydrogen) atoms. The van der Waals surface area contributed by atoms with E-state index in [1.165, 1.54) is 6.07 Å². The molecule has 0 unspecified atom stereocenters. The third-order valence-electron chi connectivity index (χ3n) is 2.74. The number of carboxylic acid groups (broad SMARTS) is 1. The van der Waals surface area contributed by atoms with E-state index in [4.69, 9.17) is 10.8 Å². The van der Waals surface area contributed by atoms with Crippen LogP contribution in [0.2, 0.25) is 0 Å². The SMILES string of the molecule is Cc1c(-c2ccccc2OC(F)F)sc(C(=O)O)c1N. The maximum Gasteiger partial charge on any atom is 0.387 e. The van der Waals surface area contributed by atoms with Crippen molar-refractivity contribution in [3.8, 4) is 16.2 Å². The average Bonchev–Trinajstić information content (AvgIpc) is 2.67. The minimum atomic E-state index is -2.95. The predicted octanol–water partition coefficient (Wildman–Crippen LogP) is 3.61. The number of para-hydroxylation sites is 1. The molecule has 1 aromatic heterocycles. The summed E-state index contributed by atoms with van der Waals surface area (Å²) in [7, 11) is 0. The van der Waals surface area contributed by atoms with Gasteiger partial charge in [0.1, 0.15) is 10.6 Å². The van der Waals surface area contributed by atoms with Crippen molar-refractivity contribution >= 4 is 23.0 Å². The Bertz CT molecular complexity index is 655. The lowest BCUT2D eigenvalue weighted by Gasteiger charge is -2.09. The molecule has 0 fully saturated rings. The standard InChI is InChI=1S/C13H11F2NO3S/c1-6-9(16)11(12(17)18)20-10(6)7-4-2-3-5-8(7)19-13(14)15/h2-5,13H,16H2,1H3,(H,17,18). The van der Waals surface area contributed by atoms with Gasteiger partial charge in [0.25, 0.3) is 0 Å². The van der Waals surface area contributed by atoms with Crippen LogP contribution in [-0.2, 0) is 0 Å². The van der Waals surface area contributed by atoms with E-state index >= 15 is 0 Å². The molecule has 0 aliphatic rings. The number of ether oxygens (including phenoxy) is 1. The molecule has 106 valence electrons. The van der Waals surface area contributed by atoms with E-state index in [2.05, 4.69) is 4.74 Å². The first kappa shape index (κ1) is 14.3. The summed E-state index contributed by atoms with van der Waals surface area (Å²) in [6.07, 6.45) is 0. The van der Waals surface area contributed by atoms with Crippen molar-refractivity contribution in [3.05, 3.63) is 34.7 Å². The van der Waals surface area contributed by atoms with Gasteiger partial charge in [-0.25, -0.2) is 4.79 Å². The predicted molar refractivity (Wildman–Crippen MR) is 72.5 cm³/mol.